The van der Waals surface area contributed by atoms with Crippen LogP contribution in [-0.2, 0) is 11.2 Å². The van der Waals surface area contributed by atoms with E-state index in [2.05, 4.69) is 15.3 Å². The van der Waals surface area contributed by atoms with Crippen LogP contribution in [-0.4, -0.2) is 21.1 Å². The molecule has 128 valence electrons. The maximum atomic E-state index is 13.7. The van der Waals surface area contributed by atoms with Crippen LogP contribution in [0, 0.1) is 5.82 Å². The van der Waals surface area contributed by atoms with Gasteiger partial charge in [0.25, 0.3) is 5.56 Å². The van der Waals surface area contributed by atoms with E-state index in [9.17, 15) is 14.0 Å². The van der Waals surface area contributed by atoms with Crippen LogP contribution >= 0.6 is 23.4 Å². The highest BCUT2D eigenvalue weighted by molar-refractivity contribution is 8.00. The van der Waals surface area contributed by atoms with Gasteiger partial charge in [0.2, 0.25) is 5.91 Å². The highest BCUT2D eigenvalue weighted by atomic mass is 35.5. The second kappa shape index (κ2) is 8.30. The van der Waals surface area contributed by atoms with Crippen molar-refractivity contribution in [3.8, 4) is 0 Å². The van der Waals surface area contributed by atoms with Gasteiger partial charge in [-0.05, 0) is 31.5 Å². The summed E-state index contributed by atoms with van der Waals surface area (Å²) < 4.78 is 13.7. The first-order valence-electron chi connectivity index (χ1n) is 7.42. The fraction of sp³-hybridized carbons (Fsp3) is 0.312. The number of thioether (sulfide) groups is 1. The summed E-state index contributed by atoms with van der Waals surface area (Å²) in [6.45, 7) is 3.65. The zero-order valence-corrected chi connectivity index (χ0v) is 14.8. The molecule has 0 saturated heterocycles. The van der Waals surface area contributed by atoms with Gasteiger partial charge >= 0.3 is 0 Å². The molecule has 2 rings (SSSR count). The molecule has 0 radical (unpaired) electrons. The van der Waals surface area contributed by atoms with Gasteiger partial charge < -0.3 is 10.3 Å². The van der Waals surface area contributed by atoms with Crippen molar-refractivity contribution in [3.63, 3.8) is 0 Å². The Morgan fingerprint density at radius 3 is 2.88 bits per heavy atom. The van der Waals surface area contributed by atoms with Crippen molar-refractivity contribution in [2.45, 2.75) is 37.1 Å². The van der Waals surface area contributed by atoms with Crippen molar-refractivity contribution < 1.29 is 9.18 Å². The summed E-state index contributed by atoms with van der Waals surface area (Å²) in [5.41, 5.74) is 0.477. The maximum Gasteiger partial charge on any atom is 0.251 e. The van der Waals surface area contributed by atoms with E-state index in [4.69, 9.17) is 11.6 Å². The van der Waals surface area contributed by atoms with E-state index >= 15 is 0 Å². The molecule has 1 aromatic heterocycles. The Labute approximate surface area is 148 Å². The Bertz CT molecular complexity index is 797. The molecule has 1 heterocycles. The summed E-state index contributed by atoms with van der Waals surface area (Å²) in [6.07, 6.45) is 1.56. The minimum Gasteiger partial charge on any atom is -0.323 e. The van der Waals surface area contributed by atoms with E-state index < -0.39 is 17.0 Å². The number of nitrogens with zero attached hydrogens (tertiary/aromatic N) is 1. The Kier molecular flexibility index (Phi) is 6.39. The number of anilines is 1. The molecule has 8 heteroatoms. The first kappa shape index (κ1) is 18.5. The summed E-state index contributed by atoms with van der Waals surface area (Å²) in [6, 6.07) is 5.46. The number of amides is 1. The molecule has 1 aromatic carbocycles. The number of halogens is 2. The molecule has 0 aliphatic heterocycles. The molecule has 2 N–H and O–H groups in total. The van der Waals surface area contributed by atoms with Gasteiger partial charge in [0.15, 0.2) is 5.16 Å². The second-order valence-electron chi connectivity index (χ2n) is 5.17. The molecular formula is C16H17ClFN3O2S. The van der Waals surface area contributed by atoms with Crippen LogP contribution in [0.1, 0.15) is 26.0 Å². The first-order chi connectivity index (χ1) is 11.4. The molecular weight excluding hydrogens is 353 g/mol. The third-order valence-corrected chi connectivity index (χ3v) is 4.35. The molecule has 0 aliphatic rings. The number of aromatic amines is 1. The van der Waals surface area contributed by atoms with Gasteiger partial charge in [0.05, 0.1) is 10.9 Å². The van der Waals surface area contributed by atoms with Crippen molar-refractivity contribution in [3.05, 3.63) is 51.2 Å². The lowest BCUT2D eigenvalue weighted by Crippen LogP contribution is -2.24. The van der Waals surface area contributed by atoms with Crippen LogP contribution in [0.25, 0.3) is 0 Å². The number of carbonyl (C=O) groups is 1. The lowest BCUT2D eigenvalue weighted by Gasteiger charge is -2.12. The minimum atomic E-state index is -0.607. The van der Waals surface area contributed by atoms with E-state index in [-0.39, 0.29) is 16.3 Å². The van der Waals surface area contributed by atoms with E-state index in [1.807, 2.05) is 6.92 Å². The van der Waals surface area contributed by atoms with Crippen LogP contribution in [0.3, 0.4) is 0 Å². The number of benzene rings is 1. The van der Waals surface area contributed by atoms with Crippen LogP contribution in [0.15, 0.2) is 34.2 Å². The number of rotatable bonds is 6. The molecule has 0 spiro atoms. The fourth-order valence-electron chi connectivity index (χ4n) is 1.97. The predicted molar refractivity (Wildman–Crippen MR) is 94.2 cm³/mol. The van der Waals surface area contributed by atoms with Crippen LogP contribution < -0.4 is 10.9 Å². The van der Waals surface area contributed by atoms with Gasteiger partial charge in [-0.1, -0.05) is 36.7 Å². The normalized spacial score (nSPS) is 12.0. The summed E-state index contributed by atoms with van der Waals surface area (Å²) >= 11 is 6.79. The van der Waals surface area contributed by atoms with E-state index in [0.29, 0.717) is 17.3 Å². The monoisotopic (exact) mass is 369 g/mol. The van der Waals surface area contributed by atoms with Crippen LogP contribution in [0.4, 0.5) is 10.1 Å². The fourth-order valence-corrected chi connectivity index (χ4v) is 2.96. The van der Waals surface area contributed by atoms with Crippen molar-refractivity contribution in [1.82, 2.24) is 9.97 Å². The molecule has 0 bridgehead atoms. The number of aromatic nitrogens is 2. The maximum absolute atomic E-state index is 13.7. The summed E-state index contributed by atoms with van der Waals surface area (Å²) in [5, 5.41) is 2.55. The molecule has 0 aliphatic carbocycles. The second-order valence-corrected chi connectivity index (χ2v) is 6.93. The van der Waals surface area contributed by atoms with E-state index in [1.165, 1.54) is 18.2 Å². The van der Waals surface area contributed by atoms with Gasteiger partial charge in [0.1, 0.15) is 5.82 Å². The Morgan fingerprint density at radius 2 is 2.21 bits per heavy atom. The van der Waals surface area contributed by atoms with Gasteiger partial charge in [-0.25, -0.2) is 9.37 Å². The summed E-state index contributed by atoms with van der Waals surface area (Å²) in [7, 11) is 0. The third-order valence-electron chi connectivity index (χ3n) is 3.13. The average molecular weight is 370 g/mol. The van der Waals surface area contributed by atoms with Gasteiger partial charge in [-0.2, -0.15) is 0 Å². The molecule has 0 fully saturated rings. The molecule has 1 unspecified atom stereocenters. The minimum absolute atomic E-state index is 0.0537. The topological polar surface area (TPSA) is 74.8 Å². The summed E-state index contributed by atoms with van der Waals surface area (Å²) in [4.78, 5) is 30.7. The molecule has 1 amide bonds. The lowest BCUT2D eigenvalue weighted by molar-refractivity contribution is -0.115. The molecule has 2 aromatic rings. The zero-order chi connectivity index (χ0) is 17.7. The van der Waals surface area contributed by atoms with Crippen molar-refractivity contribution >= 4 is 35.0 Å². The smallest absolute Gasteiger partial charge is 0.251 e. The number of H-pyrrole nitrogens is 1. The highest BCUT2D eigenvalue weighted by Crippen LogP contribution is 2.23. The van der Waals surface area contributed by atoms with Gasteiger partial charge in [-0.3, -0.25) is 9.59 Å². The van der Waals surface area contributed by atoms with Crippen LogP contribution in [0.2, 0.25) is 5.02 Å². The summed E-state index contributed by atoms with van der Waals surface area (Å²) in [5.74, 6) is -1.01. The average Bonchev–Trinajstić information content (AvgIpc) is 2.49. The van der Waals surface area contributed by atoms with E-state index in [0.717, 1.165) is 24.2 Å². The third kappa shape index (κ3) is 5.07. The Balaban J connectivity index is 2.07. The Morgan fingerprint density at radius 1 is 1.46 bits per heavy atom. The standard InChI is InChI=1S/C16H17ClFN3O2S/c1-3-4-11-8-14(22)21-16(19-11)24-9(2)15(23)20-13-6-5-10(17)7-12(13)18/h5-9H,3-4H2,1-2H3,(H,20,23)(H,19,21,22). The van der Waals surface area contributed by atoms with Gasteiger partial charge in [0, 0.05) is 16.8 Å². The van der Waals surface area contributed by atoms with E-state index in [1.54, 1.807) is 6.92 Å². The lowest BCUT2D eigenvalue weighted by atomic mass is 10.2. The number of carbonyl (C=O) groups excluding carboxylic acids is 1. The van der Waals surface area contributed by atoms with Crippen molar-refractivity contribution in [2.24, 2.45) is 0 Å². The molecule has 24 heavy (non-hydrogen) atoms. The number of aryl methyl sites for hydroxylation is 1. The number of hydrogen-bond acceptors (Lipinski definition) is 4. The van der Waals surface area contributed by atoms with Crippen LogP contribution in [0.5, 0.6) is 0 Å². The number of nitrogens with one attached hydrogen (secondary N) is 2. The largest absolute Gasteiger partial charge is 0.323 e. The SMILES string of the molecule is CCCc1cc(=O)[nH]c(SC(C)C(=O)Nc2ccc(Cl)cc2F)n1. The molecule has 0 saturated carbocycles. The quantitative estimate of drug-likeness (QED) is 0.602. The first-order valence-corrected chi connectivity index (χ1v) is 8.67. The van der Waals surface area contributed by atoms with Crippen molar-refractivity contribution in [2.75, 3.05) is 5.32 Å². The Hall–Kier alpha value is -1.86. The predicted octanol–water partition coefficient (Wildman–Crippen LogP) is 3.63. The molecule has 1 atom stereocenters. The van der Waals surface area contributed by atoms with Crippen molar-refractivity contribution in [1.29, 1.82) is 0 Å². The molecule has 5 nitrogen and oxygen atoms in total. The highest BCUT2D eigenvalue weighted by Gasteiger charge is 2.18. The van der Waals surface area contributed by atoms with Gasteiger partial charge in [-0.15, -0.1) is 0 Å². The zero-order valence-electron chi connectivity index (χ0n) is 13.2. The number of hydrogen-bond donors (Lipinski definition) is 2.